The summed E-state index contributed by atoms with van der Waals surface area (Å²) in [6, 6.07) is 18.4. The summed E-state index contributed by atoms with van der Waals surface area (Å²) in [5.41, 5.74) is 1.85. The number of anilines is 1. The Balaban J connectivity index is 1.35. The zero-order chi connectivity index (χ0) is 24.8. The van der Waals surface area contributed by atoms with Gasteiger partial charge >= 0.3 is 11.7 Å². The smallest absolute Gasteiger partial charge is 0.339 e. The van der Waals surface area contributed by atoms with Crippen molar-refractivity contribution in [2.24, 2.45) is 0 Å². The summed E-state index contributed by atoms with van der Waals surface area (Å²) in [5, 5.41) is 2.78. The van der Waals surface area contributed by atoms with Crippen molar-refractivity contribution < 1.29 is 23.9 Å². The van der Waals surface area contributed by atoms with Crippen molar-refractivity contribution in [2.75, 3.05) is 24.8 Å². The van der Waals surface area contributed by atoms with Crippen molar-refractivity contribution in [3.63, 3.8) is 0 Å². The number of nitrogens with one attached hydrogen (secondary N) is 3. The quantitative estimate of drug-likeness (QED) is 0.185. The van der Waals surface area contributed by atoms with E-state index < -0.39 is 18.4 Å². The second-order valence-corrected chi connectivity index (χ2v) is 8.42. The number of rotatable bonds is 9. The number of thioether (sulfide) groups is 1. The highest BCUT2D eigenvalue weighted by atomic mass is 32.2. The summed E-state index contributed by atoms with van der Waals surface area (Å²) in [5.74, 6) is -0.648. The molecule has 4 aromatic rings. The average Bonchev–Trinajstić information content (AvgIpc) is 3.25. The third kappa shape index (κ3) is 5.98. The first-order chi connectivity index (χ1) is 16.9. The van der Waals surface area contributed by atoms with Crippen LogP contribution in [0.3, 0.4) is 0 Å². The lowest BCUT2D eigenvalue weighted by atomic mass is 10.1. The van der Waals surface area contributed by atoms with E-state index in [1.807, 2.05) is 0 Å². The predicted octanol–water partition coefficient (Wildman–Crippen LogP) is 3.64. The maximum absolute atomic E-state index is 12.7. The Kier molecular flexibility index (Phi) is 7.32. The van der Waals surface area contributed by atoms with E-state index in [2.05, 4.69) is 15.3 Å². The molecule has 0 unspecified atom stereocenters. The first kappa shape index (κ1) is 23.8. The van der Waals surface area contributed by atoms with Crippen molar-refractivity contribution in [3.05, 3.63) is 88.3 Å². The molecule has 178 valence electrons. The molecule has 0 atom stereocenters. The number of aromatic nitrogens is 2. The van der Waals surface area contributed by atoms with Gasteiger partial charge in [-0.1, -0.05) is 18.2 Å². The number of fused-ring (bicyclic) bond motifs is 1. The Morgan fingerprint density at radius 1 is 0.943 bits per heavy atom. The van der Waals surface area contributed by atoms with Crippen molar-refractivity contribution in [1.29, 1.82) is 0 Å². The number of hydrogen-bond donors (Lipinski definition) is 3. The number of ether oxygens (including phenoxy) is 2. The van der Waals surface area contributed by atoms with E-state index in [9.17, 15) is 19.2 Å². The molecule has 0 aliphatic carbocycles. The van der Waals surface area contributed by atoms with Gasteiger partial charge in [0.2, 0.25) is 5.91 Å². The Hall–Kier alpha value is -4.31. The van der Waals surface area contributed by atoms with Crippen LogP contribution >= 0.6 is 11.8 Å². The zero-order valence-electron chi connectivity index (χ0n) is 18.6. The number of imidazole rings is 1. The van der Waals surface area contributed by atoms with Gasteiger partial charge in [0.05, 0.1) is 29.5 Å². The molecule has 0 saturated carbocycles. The van der Waals surface area contributed by atoms with Gasteiger partial charge in [-0.3, -0.25) is 9.59 Å². The Morgan fingerprint density at radius 2 is 1.74 bits per heavy atom. The fraction of sp³-hybridized carbons (Fsp3) is 0.120. The molecule has 35 heavy (non-hydrogen) atoms. The minimum absolute atomic E-state index is 0.0648. The molecule has 3 aromatic carbocycles. The van der Waals surface area contributed by atoms with E-state index in [1.165, 1.54) is 17.8 Å². The van der Waals surface area contributed by atoms with E-state index in [1.54, 1.807) is 67.8 Å². The number of carbonyl (C=O) groups excluding carboxylic acids is 3. The van der Waals surface area contributed by atoms with Gasteiger partial charge < -0.3 is 24.8 Å². The van der Waals surface area contributed by atoms with Crippen molar-refractivity contribution in [1.82, 2.24) is 9.97 Å². The number of H-pyrrole nitrogens is 2. The Bertz CT molecular complexity index is 1460. The minimum atomic E-state index is -0.675. The fourth-order valence-electron chi connectivity index (χ4n) is 3.30. The molecule has 0 radical (unpaired) electrons. The van der Waals surface area contributed by atoms with E-state index in [4.69, 9.17) is 9.47 Å². The fourth-order valence-corrected chi connectivity index (χ4v) is 4.14. The summed E-state index contributed by atoms with van der Waals surface area (Å²) >= 11 is 1.18. The molecule has 9 nitrogen and oxygen atoms in total. The lowest BCUT2D eigenvalue weighted by Gasteiger charge is -2.10. The number of Topliss-reactive ketones (excluding diaryl/α,β-unsaturated/α-hetero) is 1. The summed E-state index contributed by atoms with van der Waals surface area (Å²) < 4.78 is 10.4. The minimum Gasteiger partial charge on any atom is -0.497 e. The molecule has 0 aliphatic heterocycles. The largest absolute Gasteiger partial charge is 0.497 e. The van der Waals surface area contributed by atoms with Gasteiger partial charge in [-0.15, -0.1) is 11.8 Å². The van der Waals surface area contributed by atoms with E-state index in [0.29, 0.717) is 32.9 Å². The van der Waals surface area contributed by atoms with Crippen LogP contribution in [0.4, 0.5) is 5.69 Å². The summed E-state index contributed by atoms with van der Waals surface area (Å²) in [4.78, 5) is 54.7. The molecular weight excluding hydrogens is 470 g/mol. The molecule has 3 N–H and O–H groups in total. The highest BCUT2D eigenvalue weighted by molar-refractivity contribution is 8.00. The van der Waals surface area contributed by atoms with Gasteiger partial charge in [0.15, 0.2) is 12.4 Å². The third-order valence-electron chi connectivity index (χ3n) is 4.99. The van der Waals surface area contributed by atoms with Crippen LogP contribution in [-0.2, 0) is 9.53 Å². The molecule has 1 amide bonds. The Labute approximate surface area is 203 Å². The van der Waals surface area contributed by atoms with Crippen molar-refractivity contribution in [2.45, 2.75) is 4.90 Å². The second-order valence-electron chi connectivity index (χ2n) is 7.40. The van der Waals surface area contributed by atoms with Gasteiger partial charge in [0.25, 0.3) is 0 Å². The van der Waals surface area contributed by atoms with Crippen LogP contribution in [0.1, 0.15) is 20.7 Å². The van der Waals surface area contributed by atoms with E-state index in [-0.39, 0.29) is 22.9 Å². The standard InChI is InChI=1S/C25H21N3O6S/c1-33-17-6-4-5-16(12-17)26-23(30)14-35-22-8-3-2-7-18(22)24(31)34-13-21(29)15-9-10-19-20(11-15)28-25(32)27-19/h2-12H,13-14H2,1H3,(H,26,30)(H2,27,28,32). The number of amides is 1. The van der Waals surface area contributed by atoms with Gasteiger partial charge in [-0.25, -0.2) is 9.59 Å². The summed E-state index contributed by atoms with van der Waals surface area (Å²) in [6.07, 6.45) is 0. The molecule has 10 heteroatoms. The number of aromatic amines is 2. The topological polar surface area (TPSA) is 130 Å². The molecule has 0 bridgehead atoms. The normalized spacial score (nSPS) is 10.7. The van der Waals surface area contributed by atoms with Crippen molar-refractivity contribution in [3.8, 4) is 5.75 Å². The van der Waals surface area contributed by atoms with Gasteiger partial charge in [0.1, 0.15) is 5.75 Å². The maximum Gasteiger partial charge on any atom is 0.339 e. The second kappa shape index (κ2) is 10.7. The third-order valence-corrected chi connectivity index (χ3v) is 6.07. The Morgan fingerprint density at radius 3 is 2.57 bits per heavy atom. The number of ketones is 1. The van der Waals surface area contributed by atoms with Crippen molar-refractivity contribution >= 4 is 46.1 Å². The van der Waals surface area contributed by atoms with E-state index >= 15 is 0 Å². The number of esters is 1. The van der Waals surface area contributed by atoms with Gasteiger partial charge in [0, 0.05) is 22.2 Å². The highest BCUT2D eigenvalue weighted by Crippen LogP contribution is 2.24. The first-order valence-corrected chi connectivity index (χ1v) is 11.5. The first-order valence-electron chi connectivity index (χ1n) is 10.5. The monoisotopic (exact) mass is 491 g/mol. The van der Waals surface area contributed by atoms with Crippen LogP contribution in [0, 0.1) is 0 Å². The lowest BCUT2D eigenvalue weighted by Crippen LogP contribution is -2.16. The van der Waals surface area contributed by atoms with Gasteiger partial charge in [-0.2, -0.15) is 0 Å². The zero-order valence-corrected chi connectivity index (χ0v) is 19.4. The summed E-state index contributed by atoms with van der Waals surface area (Å²) in [7, 11) is 1.54. The molecule has 0 spiro atoms. The number of methoxy groups -OCH3 is 1. The van der Waals surface area contributed by atoms with Crippen LogP contribution in [0.25, 0.3) is 11.0 Å². The maximum atomic E-state index is 12.7. The molecule has 4 rings (SSSR count). The number of benzene rings is 3. The van der Waals surface area contributed by atoms with Crippen LogP contribution in [0.5, 0.6) is 5.75 Å². The van der Waals surface area contributed by atoms with Crippen LogP contribution in [0.2, 0.25) is 0 Å². The predicted molar refractivity (Wildman–Crippen MR) is 132 cm³/mol. The average molecular weight is 492 g/mol. The van der Waals surface area contributed by atoms with Crippen LogP contribution < -0.4 is 15.7 Å². The molecular formula is C25H21N3O6S. The SMILES string of the molecule is COc1cccc(NC(=O)CSc2ccccc2C(=O)OCC(=O)c2ccc3[nH]c(=O)[nH]c3c2)c1. The van der Waals surface area contributed by atoms with Crippen LogP contribution in [-0.4, -0.2) is 47.1 Å². The molecule has 0 fully saturated rings. The molecule has 1 heterocycles. The highest BCUT2D eigenvalue weighted by Gasteiger charge is 2.17. The number of carbonyl (C=O) groups is 3. The molecule has 0 aliphatic rings. The number of hydrogen-bond acceptors (Lipinski definition) is 7. The molecule has 1 aromatic heterocycles. The van der Waals surface area contributed by atoms with E-state index in [0.717, 1.165) is 0 Å². The molecule has 0 saturated heterocycles. The summed E-state index contributed by atoms with van der Waals surface area (Å²) in [6.45, 7) is -0.464. The van der Waals surface area contributed by atoms with Gasteiger partial charge in [-0.05, 0) is 42.5 Å². The lowest BCUT2D eigenvalue weighted by molar-refractivity contribution is -0.113. The van der Waals surface area contributed by atoms with Crippen LogP contribution in [0.15, 0.2) is 76.4 Å².